The predicted octanol–water partition coefficient (Wildman–Crippen LogP) is 5.02. The van der Waals surface area contributed by atoms with Gasteiger partial charge in [0.2, 0.25) is 5.91 Å². The molecule has 1 amide bonds. The molecule has 0 fully saturated rings. The van der Waals surface area contributed by atoms with Crippen molar-refractivity contribution in [1.82, 2.24) is 9.97 Å². The highest BCUT2D eigenvalue weighted by molar-refractivity contribution is 7.17. The average molecular weight is 422 g/mol. The molecule has 1 aromatic carbocycles. The number of benzene rings is 1. The summed E-state index contributed by atoms with van der Waals surface area (Å²) in [7, 11) is 0. The second kappa shape index (κ2) is 8.29. The minimum absolute atomic E-state index is 0.0667. The van der Waals surface area contributed by atoms with Crippen LogP contribution in [0.3, 0.4) is 0 Å². The van der Waals surface area contributed by atoms with E-state index in [-0.39, 0.29) is 23.7 Å². The third-order valence-electron chi connectivity index (χ3n) is 4.06. The summed E-state index contributed by atoms with van der Waals surface area (Å²) in [5, 5.41) is 16.5. The van der Waals surface area contributed by atoms with Gasteiger partial charge in [0.1, 0.15) is 16.9 Å². The molecule has 1 N–H and O–H groups in total. The minimum Gasteiger partial charge on any atom is -0.320 e. The van der Waals surface area contributed by atoms with E-state index in [1.54, 1.807) is 11.3 Å². The van der Waals surface area contributed by atoms with Crippen molar-refractivity contribution in [3.63, 3.8) is 0 Å². The first-order valence-electron chi connectivity index (χ1n) is 8.59. The SMILES string of the molecule is O=C(Cc1sc(-c2ccccc2)nc1-c1cccs1)Nc1ccncc1[N+](=O)[O-]. The Labute approximate surface area is 173 Å². The van der Waals surface area contributed by atoms with Crippen LogP contribution in [0.25, 0.3) is 21.1 Å². The van der Waals surface area contributed by atoms with Crippen molar-refractivity contribution in [2.24, 2.45) is 0 Å². The van der Waals surface area contributed by atoms with Crippen molar-refractivity contribution < 1.29 is 9.72 Å². The Morgan fingerprint density at radius 2 is 1.97 bits per heavy atom. The van der Waals surface area contributed by atoms with Gasteiger partial charge in [-0.2, -0.15) is 0 Å². The van der Waals surface area contributed by atoms with Gasteiger partial charge in [-0.05, 0) is 17.5 Å². The Balaban J connectivity index is 1.63. The van der Waals surface area contributed by atoms with Crippen molar-refractivity contribution in [1.29, 1.82) is 0 Å². The van der Waals surface area contributed by atoms with Gasteiger partial charge >= 0.3 is 5.69 Å². The normalized spacial score (nSPS) is 10.6. The number of carbonyl (C=O) groups excluding carboxylic acids is 1. The van der Waals surface area contributed by atoms with Crippen LogP contribution in [-0.4, -0.2) is 20.8 Å². The molecule has 3 aromatic heterocycles. The quantitative estimate of drug-likeness (QED) is 0.347. The van der Waals surface area contributed by atoms with Crippen LogP contribution >= 0.6 is 22.7 Å². The second-order valence-corrected chi connectivity index (χ2v) is 8.04. The lowest BCUT2D eigenvalue weighted by Gasteiger charge is -2.05. The topological polar surface area (TPSA) is 98.0 Å². The molecule has 0 unspecified atom stereocenters. The molecule has 0 aliphatic rings. The highest BCUT2D eigenvalue weighted by Gasteiger charge is 2.20. The maximum Gasteiger partial charge on any atom is 0.310 e. The summed E-state index contributed by atoms with van der Waals surface area (Å²) < 4.78 is 0. The van der Waals surface area contributed by atoms with Gasteiger partial charge in [0, 0.05) is 16.6 Å². The molecular formula is C20H14N4O3S2. The molecule has 9 heteroatoms. The van der Waals surface area contributed by atoms with Crippen LogP contribution in [-0.2, 0) is 11.2 Å². The highest BCUT2D eigenvalue weighted by atomic mass is 32.1. The Hall–Kier alpha value is -3.43. The van der Waals surface area contributed by atoms with Gasteiger partial charge in [-0.1, -0.05) is 36.4 Å². The Morgan fingerprint density at radius 3 is 2.69 bits per heavy atom. The number of pyridine rings is 1. The summed E-state index contributed by atoms with van der Waals surface area (Å²) >= 11 is 3.00. The van der Waals surface area contributed by atoms with E-state index in [2.05, 4.69) is 10.3 Å². The maximum atomic E-state index is 12.7. The van der Waals surface area contributed by atoms with Gasteiger partial charge < -0.3 is 5.32 Å². The van der Waals surface area contributed by atoms with Crippen LogP contribution < -0.4 is 5.32 Å². The number of aromatic nitrogens is 2. The van der Waals surface area contributed by atoms with Gasteiger partial charge in [0.25, 0.3) is 0 Å². The number of nitrogens with zero attached hydrogens (tertiary/aromatic N) is 3. The lowest BCUT2D eigenvalue weighted by atomic mass is 10.2. The fourth-order valence-electron chi connectivity index (χ4n) is 2.76. The number of anilines is 1. The molecule has 0 saturated carbocycles. The maximum absolute atomic E-state index is 12.7. The molecule has 7 nitrogen and oxygen atoms in total. The Bertz CT molecular complexity index is 1160. The highest BCUT2D eigenvalue weighted by Crippen LogP contribution is 2.36. The van der Waals surface area contributed by atoms with Crippen LogP contribution in [0.5, 0.6) is 0 Å². The molecule has 4 rings (SSSR count). The van der Waals surface area contributed by atoms with Crippen LogP contribution in [0.15, 0.2) is 66.3 Å². The number of nitro groups is 1. The van der Waals surface area contributed by atoms with Crippen LogP contribution in [0.1, 0.15) is 4.88 Å². The first-order valence-corrected chi connectivity index (χ1v) is 10.3. The molecule has 0 aliphatic heterocycles. The molecule has 144 valence electrons. The zero-order valence-corrected chi connectivity index (χ0v) is 16.6. The van der Waals surface area contributed by atoms with Gasteiger partial charge in [0.15, 0.2) is 0 Å². The van der Waals surface area contributed by atoms with Crippen LogP contribution in [0.2, 0.25) is 0 Å². The van der Waals surface area contributed by atoms with E-state index in [0.717, 1.165) is 32.2 Å². The summed E-state index contributed by atoms with van der Waals surface area (Å²) in [5.41, 5.74) is 1.63. The molecule has 0 spiro atoms. The standard InChI is InChI=1S/C20H14N4O3S2/c25-18(22-14-8-9-21-12-15(14)24(26)27)11-17-19(16-7-4-10-28-16)23-20(29-17)13-5-2-1-3-6-13/h1-10,12H,11H2,(H,21,22,25). The van der Waals surface area contributed by atoms with E-state index in [1.807, 2.05) is 47.8 Å². The smallest absolute Gasteiger partial charge is 0.310 e. The Kier molecular flexibility index (Phi) is 5.41. The fraction of sp³-hybridized carbons (Fsp3) is 0.0500. The van der Waals surface area contributed by atoms with E-state index in [4.69, 9.17) is 4.98 Å². The van der Waals surface area contributed by atoms with E-state index in [0.29, 0.717) is 0 Å². The zero-order chi connectivity index (χ0) is 20.2. The molecule has 0 aliphatic carbocycles. The molecule has 0 radical (unpaired) electrons. The predicted molar refractivity (Wildman–Crippen MR) is 114 cm³/mol. The van der Waals surface area contributed by atoms with E-state index in [9.17, 15) is 14.9 Å². The van der Waals surface area contributed by atoms with E-state index >= 15 is 0 Å². The van der Waals surface area contributed by atoms with Crippen molar-refractivity contribution in [3.8, 4) is 21.1 Å². The summed E-state index contributed by atoms with van der Waals surface area (Å²) in [6.07, 6.45) is 2.59. The largest absolute Gasteiger partial charge is 0.320 e. The molecule has 3 heterocycles. The lowest BCUT2D eigenvalue weighted by Crippen LogP contribution is -2.15. The summed E-state index contributed by atoms with van der Waals surface area (Å²) in [6.45, 7) is 0. The summed E-state index contributed by atoms with van der Waals surface area (Å²) in [5.74, 6) is -0.347. The van der Waals surface area contributed by atoms with Crippen LogP contribution in [0.4, 0.5) is 11.4 Å². The third-order valence-corrected chi connectivity index (χ3v) is 6.05. The first kappa shape index (κ1) is 18.9. The van der Waals surface area contributed by atoms with Crippen molar-refractivity contribution in [2.75, 3.05) is 5.32 Å². The number of hydrogen-bond donors (Lipinski definition) is 1. The minimum atomic E-state index is -0.570. The van der Waals surface area contributed by atoms with E-state index < -0.39 is 4.92 Å². The van der Waals surface area contributed by atoms with Gasteiger partial charge in [0.05, 0.1) is 21.9 Å². The van der Waals surface area contributed by atoms with E-state index in [1.165, 1.54) is 23.6 Å². The summed E-state index contributed by atoms with van der Waals surface area (Å²) in [4.78, 5) is 33.5. The van der Waals surface area contributed by atoms with Gasteiger partial charge in [-0.15, -0.1) is 22.7 Å². The number of nitrogens with one attached hydrogen (secondary N) is 1. The zero-order valence-electron chi connectivity index (χ0n) is 14.9. The lowest BCUT2D eigenvalue weighted by molar-refractivity contribution is -0.384. The van der Waals surface area contributed by atoms with Gasteiger partial charge in [-0.25, -0.2) is 4.98 Å². The summed E-state index contributed by atoms with van der Waals surface area (Å²) in [6, 6.07) is 15.1. The number of thiophene rings is 1. The fourth-order valence-corrected chi connectivity index (χ4v) is 4.64. The first-order chi connectivity index (χ1) is 14.1. The van der Waals surface area contributed by atoms with Crippen molar-refractivity contribution >= 4 is 40.0 Å². The average Bonchev–Trinajstić information content (AvgIpc) is 3.38. The molecule has 29 heavy (non-hydrogen) atoms. The number of rotatable bonds is 6. The molecule has 4 aromatic rings. The number of carbonyl (C=O) groups is 1. The van der Waals surface area contributed by atoms with Crippen LogP contribution in [0, 0.1) is 10.1 Å². The van der Waals surface area contributed by atoms with Crippen molar-refractivity contribution in [3.05, 3.63) is 81.3 Å². The third kappa shape index (κ3) is 4.20. The molecule has 0 atom stereocenters. The second-order valence-electron chi connectivity index (χ2n) is 6.01. The molecular weight excluding hydrogens is 408 g/mol. The monoisotopic (exact) mass is 422 g/mol. The van der Waals surface area contributed by atoms with Gasteiger partial charge in [-0.3, -0.25) is 19.9 Å². The van der Waals surface area contributed by atoms with Crippen molar-refractivity contribution in [2.45, 2.75) is 6.42 Å². The molecule has 0 bridgehead atoms. The molecule has 0 saturated heterocycles. The number of thiazole rings is 1. The number of hydrogen-bond acceptors (Lipinski definition) is 7. The number of amides is 1. The Morgan fingerprint density at radius 1 is 1.14 bits per heavy atom.